The topological polar surface area (TPSA) is 81.5 Å². The third-order valence-electron chi connectivity index (χ3n) is 0.720. The van der Waals surface area contributed by atoms with Crippen LogP contribution >= 0.6 is 0 Å². The predicted octanol–water partition coefficient (Wildman–Crippen LogP) is -1.00. The summed E-state index contributed by atoms with van der Waals surface area (Å²) in [6.45, 7) is 0.0269. The van der Waals surface area contributed by atoms with Crippen molar-refractivity contribution in [3.63, 3.8) is 0 Å². The summed E-state index contributed by atoms with van der Waals surface area (Å²) in [5.41, 5.74) is 0. The highest BCUT2D eigenvalue weighted by molar-refractivity contribution is 5.44. The minimum atomic E-state index is -0.508. The fourth-order valence-electron chi connectivity index (χ4n) is 0.339. The standard InChI is InChI=1S/C5H12N2O5/c1-9-10-3-6-2-7-4-11-12-5-8/h4,6,8H,2-3,5H2,1H3/b7-4+. The zero-order chi connectivity index (χ0) is 9.07. The lowest BCUT2D eigenvalue weighted by Crippen LogP contribution is -2.17. The lowest BCUT2D eigenvalue weighted by molar-refractivity contribution is -0.276. The van der Waals surface area contributed by atoms with E-state index < -0.39 is 6.79 Å². The van der Waals surface area contributed by atoms with E-state index in [-0.39, 0.29) is 6.73 Å². The van der Waals surface area contributed by atoms with Gasteiger partial charge in [-0.25, -0.2) is 14.8 Å². The van der Waals surface area contributed by atoms with Crippen LogP contribution in [0.1, 0.15) is 0 Å². The third kappa shape index (κ3) is 9.27. The SMILES string of the molecule is COOCNC/N=C/OOCO. The molecule has 0 aliphatic rings. The van der Waals surface area contributed by atoms with E-state index in [0.717, 1.165) is 6.40 Å². The fourth-order valence-corrected chi connectivity index (χ4v) is 0.339. The number of rotatable bonds is 8. The molecule has 0 radical (unpaired) electrons. The summed E-state index contributed by atoms with van der Waals surface area (Å²) in [5.74, 6) is 0. The molecule has 0 aromatic carbocycles. The van der Waals surface area contributed by atoms with Gasteiger partial charge in [0.15, 0.2) is 6.79 Å². The maximum atomic E-state index is 8.08. The lowest BCUT2D eigenvalue weighted by Gasteiger charge is -1.98. The van der Waals surface area contributed by atoms with Crippen molar-refractivity contribution in [1.82, 2.24) is 5.32 Å². The van der Waals surface area contributed by atoms with Crippen LogP contribution in [0.25, 0.3) is 0 Å². The Hall–Kier alpha value is -0.730. The maximum absolute atomic E-state index is 8.08. The molecule has 0 saturated heterocycles. The van der Waals surface area contributed by atoms with E-state index in [1.165, 1.54) is 7.11 Å². The molecule has 72 valence electrons. The fraction of sp³-hybridized carbons (Fsp3) is 0.800. The predicted molar refractivity (Wildman–Crippen MR) is 38.7 cm³/mol. The number of hydrogen-bond donors (Lipinski definition) is 2. The van der Waals surface area contributed by atoms with Crippen molar-refractivity contribution < 1.29 is 24.7 Å². The van der Waals surface area contributed by atoms with Crippen molar-refractivity contribution in [3.05, 3.63) is 0 Å². The van der Waals surface area contributed by atoms with Crippen LogP contribution in [0.3, 0.4) is 0 Å². The van der Waals surface area contributed by atoms with Gasteiger partial charge in [0.1, 0.15) is 6.73 Å². The Labute approximate surface area is 69.8 Å². The van der Waals surface area contributed by atoms with Crippen LogP contribution in [-0.2, 0) is 19.6 Å². The van der Waals surface area contributed by atoms with Crippen molar-refractivity contribution in [2.75, 3.05) is 27.3 Å². The Kier molecular flexibility index (Phi) is 9.65. The molecular formula is C5H12N2O5. The zero-order valence-corrected chi connectivity index (χ0v) is 6.73. The molecule has 0 fully saturated rings. The summed E-state index contributed by atoms with van der Waals surface area (Å²) >= 11 is 0. The van der Waals surface area contributed by atoms with Crippen LogP contribution in [0.4, 0.5) is 0 Å². The van der Waals surface area contributed by atoms with Crippen LogP contribution in [0.15, 0.2) is 4.99 Å². The minimum Gasteiger partial charge on any atom is -0.367 e. The number of nitrogens with one attached hydrogen (secondary N) is 1. The average molecular weight is 180 g/mol. The largest absolute Gasteiger partial charge is 0.367 e. The van der Waals surface area contributed by atoms with Crippen LogP contribution in [0, 0.1) is 0 Å². The highest BCUT2D eigenvalue weighted by Crippen LogP contribution is 1.71. The first-order valence-electron chi connectivity index (χ1n) is 3.15. The zero-order valence-electron chi connectivity index (χ0n) is 6.73. The first kappa shape index (κ1) is 11.3. The molecule has 0 unspecified atom stereocenters. The molecule has 0 heterocycles. The van der Waals surface area contributed by atoms with Gasteiger partial charge in [0.25, 0.3) is 0 Å². The van der Waals surface area contributed by atoms with Gasteiger partial charge in [-0.1, -0.05) is 0 Å². The van der Waals surface area contributed by atoms with E-state index in [9.17, 15) is 0 Å². The maximum Gasteiger partial charge on any atom is 0.216 e. The van der Waals surface area contributed by atoms with E-state index in [1.54, 1.807) is 0 Å². The molecule has 0 saturated carbocycles. The molecule has 0 aliphatic heterocycles. The molecule has 0 amide bonds. The van der Waals surface area contributed by atoms with Crippen LogP contribution in [0.5, 0.6) is 0 Å². The molecule has 0 spiro atoms. The van der Waals surface area contributed by atoms with Crippen molar-refractivity contribution in [3.8, 4) is 0 Å². The Morgan fingerprint density at radius 1 is 1.50 bits per heavy atom. The Morgan fingerprint density at radius 3 is 3.00 bits per heavy atom. The second-order valence-corrected chi connectivity index (χ2v) is 1.47. The summed E-state index contributed by atoms with van der Waals surface area (Å²) in [6, 6.07) is 0. The van der Waals surface area contributed by atoms with Crippen molar-refractivity contribution in [2.24, 2.45) is 4.99 Å². The second-order valence-electron chi connectivity index (χ2n) is 1.47. The summed E-state index contributed by atoms with van der Waals surface area (Å²) in [4.78, 5) is 20.7. The summed E-state index contributed by atoms with van der Waals surface area (Å²) in [7, 11) is 1.41. The Balaban J connectivity index is 2.92. The monoisotopic (exact) mass is 180 g/mol. The highest BCUT2D eigenvalue weighted by atomic mass is 17.2. The van der Waals surface area contributed by atoms with Gasteiger partial charge in [-0.15, -0.1) is 0 Å². The van der Waals surface area contributed by atoms with Gasteiger partial charge in [-0.2, -0.15) is 4.89 Å². The summed E-state index contributed by atoms with van der Waals surface area (Å²) < 4.78 is 0. The molecule has 0 bridgehead atoms. The van der Waals surface area contributed by atoms with Crippen LogP contribution in [0.2, 0.25) is 0 Å². The summed E-state index contributed by atoms with van der Waals surface area (Å²) in [5, 5.41) is 10.8. The van der Waals surface area contributed by atoms with E-state index in [0.29, 0.717) is 6.67 Å². The van der Waals surface area contributed by atoms with Gasteiger partial charge in [-0.3, -0.25) is 5.32 Å². The van der Waals surface area contributed by atoms with E-state index in [2.05, 4.69) is 29.9 Å². The Morgan fingerprint density at radius 2 is 2.33 bits per heavy atom. The van der Waals surface area contributed by atoms with Gasteiger partial charge in [0.05, 0.1) is 13.8 Å². The number of aliphatic hydroxyl groups is 1. The van der Waals surface area contributed by atoms with Gasteiger partial charge in [-0.05, 0) is 0 Å². The van der Waals surface area contributed by atoms with Crippen LogP contribution in [-0.4, -0.2) is 38.8 Å². The normalized spacial score (nSPS) is 10.8. The molecule has 7 heteroatoms. The molecule has 0 aliphatic carbocycles. The van der Waals surface area contributed by atoms with Gasteiger partial charge >= 0.3 is 0 Å². The van der Waals surface area contributed by atoms with Crippen LogP contribution < -0.4 is 5.32 Å². The van der Waals surface area contributed by atoms with Crippen molar-refractivity contribution >= 4 is 6.40 Å². The molecule has 0 rings (SSSR count). The first-order valence-corrected chi connectivity index (χ1v) is 3.15. The highest BCUT2D eigenvalue weighted by Gasteiger charge is 1.81. The average Bonchev–Trinajstić information content (AvgIpc) is 2.10. The van der Waals surface area contributed by atoms with Gasteiger partial charge < -0.3 is 9.99 Å². The molecular weight excluding hydrogens is 168 g/mol. The molecule has 0 aromatic rings. The van der Waals surface area contributed by atoms with E-state index in [4.69, 9.17) is 5.11 Å². The lowest BCUT2D eigenvalue weighted by atomic mass is 11.0. The third-order valence-corrected chi connectivity index (χ3v) is 0.720. The van der Waals surface area contributed by atoms with Crippen molar-refractivity contribution in [1.29, 1.82) is 0 Å². The first-order chi connectivity index (χ1) is 5.91. The Bertz CT molecular complexity index is 110. The van der Waals surface area contributed by atoms with Gasteiger partial charge in [0, 0.05) is 0 Å². The number of aliphatic imine (C=N–C) groups is 1. The second kappa shape index (κ2) is 10.3. The summed E-state index contributed by atoms with van der Waals surface area (Å²) in [6.07, 6.45) is 1.05. The molecule has 0 aromatic heterocycles. The van der Waals surface area contributed by atoms with Gasteiger partial charge in [0.2, 0.25) is 6.40 Å². The van der Waals surface area contributed by atoms with E-state index in [1.807, 2.05) is 0 Å². The number of hydrogen-bond acceptors (Lipinski definition) is 7. The smallest absolute Gasteiger partial charge is 0.216 e. The molecule has 7 nitrogen and oxygen atoms in total. The molecule has 12 heavy (non-hydrogen) atoms. The number of aliphatic hydroxyl groups excluding tert-OH is 1. The minimum absolute atomic E-state index is 0.231. The van der Waals surface area contributed by atoms with E-state index >= 15 is 0 Å². The molecule has 2 N–H and O–H groups in total. The van der Waals surface area contributed by atoms with Crippen molar-refractivity contribution in [2.45, 2.75) is 0 Å². The quantitative estimate of drug-likeness (QED) is 0.124. The molecule has 0 atom stereocenters. The number of nitrogens with zero attached hydrogens (tertiary/aromatic N) is 1.